The number of carbonyl (C=O) groups excluding carboxylic acids is 2. The number of aryl methyl sites for hydroxylation is 1. The predicted molar refractivity (Wildman–Crippen MR) is 117 cm³/mol. The van der Waals surface area contributed by atoms with Gasteiger partial charge in [-0.3, -0.25) is 19.4 Å². The van der Waals surface area contributed by atoms with Crippen molar-refractivity contribution >= 4 is 39.8 Å². The highest BCUT2D eigenvalue weighted by molar-refractivity contribution is 7.17. The lowest BCUT2D eigenvalue weighted by Crippen LogP contribution is -2.48. The number of piperazine rings is 1. The van der Waals surface area contributed by atoms with E-state index < -0.39 is 5.91 Å². The minimum Gasteiger partial charge on any atom is -0.365 e. The molecule has 0 saturated carbocycles. The summed E-state index contributed by atoms with van der Waals surface area (Å²) in [4.78, 5) is 30.1. The second kappa shape index (κ2) is 8.83. The third kappa shape index (κ3) is 4.80. The molecule has 0 unspecified atom stereocenters. The van der Waals surface area contributed by atoms with E-state index in [0.717, 1.165) is 62.6 Å². The molecule has 29 heavy (non-hydrogen) atoms. The highest BCUT2D eigenvalue weighted by Crippen LogP contribution is 2.38. The molecule has 2 heterocycles. The third-order valence-corrected chi connectivity index (χ3v) is 6.99. The molecule has 1 aliphatic heterocycles. The smallest absolute Gasteiger partial charge is 0.251 e. The fourth-order valence-electron chi connectivity index (χ4n) is 4.12. The van der Waals surface area contributed by atoms with Crippen molar-refractivity contribution < 1.29 is 9.59 Å². The number of thiophene rings is 1. The van der Waals surface area contributed by atoms with Gasteiger partial charge >= 0.3 is 0 Å². The normalized spacial score (nSPS) is 17.3. The minimum atomic E-state index is -0.450. The van der Waals surface area contributed by atoms with Crippen molar-refractivity contribution in [2.75, 3.05) is 38.0 Å². The molecule has 6 nitrogen and oxygen atoms in total. The molecule has 2 amide bonds. The number of amides is 2. The number of nitrogens with one attached hydrogen (secondary N) is 1. The van der Waals surface area contributed by atoms with Crippen molar-refractivity contribution in [3.05, 3.63) is 50.9 Å². The summed E-state index contributed by atoms with van der Waals surface area (Å²) >= 11 is 7.56. The fraction of sp³-hybridized carbons (Fsp3) is 0.429. The van der Waals surface area contributed by atoms with E-state index in [1.807, 2.05) is 18.2 Å². The van der Waals surface area contributed by atoms with Gasteiger partial charge in [0, 0.05) is 42.6 Å². The number of benzene rings is 1. The monoisotopic (exact) mass is 432 g/mol. The molecule has 2 aliphatic rings. The Morgan fingerprint density at radius 2 is 1.90 bits per heavy atom. The molecule has 2 aromatic rings. The maximum atomic E-state index is 12.6. The Kier molecular flexibility index (Phi) is 6.20. The number of primary amides is 1. The topological polar surface area (TPSA) is 78.7 Å². The van der Waals surface area contributed by atoms with Gasteiger partial charge in [-0.15, -0.1) is 11.3 Å². The maximum absolute atomic E-state index is 12.6. The summed E-state index contributed by atoms with van der Waals surface area (Å²) in [6, 6.07) is 7.93. The van der Waals surface area contributed by atoms with Gasteiger partial charge in [-0.1, -0.05) is 23.7 Å². The molecule has 0 atom stereocenters. The zero-order valence-electron chi connectivity index (χ0n) is 16.2. The molecule has 0 bridgehead atoms. The van der Waals surface area contributed by atoms with Crippen molar-refractivity contribution in [1.29, 1.82) is 0 Å². The average Bonchev–Trinajstić information content (AvgIpc) is 3.23. The van der Waals surface area contributed by atoms with E-state index >= 15 is 0 Å². The number of hydrogen-bond donors (Lipinski definition) is 2. The molecule has 8 heteroatoms. The lowest BCUT2D eigenvalue weighted by molar-refractivity contribution is -0.117. The lowest BCUT2D eigenvalue weighted by Gasteiger charge is -2.34. The summed E-state index contributed by atoms with van der Waals surface area (Å²) in [5.74, 6) is -0.537. The van der Waals surface area contributed by atoms with Crippen LogP contribution in [0.5, 0.6) is 0 Å². The quantitative estimate of drug-likeness (QED) is 0.735. The Balaban J connectivity index is 1.29. The Bertz CT molecular complexity index is 921. The van der Waals surface area contributed by atoms with Crippen molar-refractivity contribution in [1.82, 2.24) is 9.80 Å². The first-order chi connectivity index (χ1) is 14.0. The van der Waals surface area contributed by atoms with Crippen LogP contribution >= 0.6 is 22.9 Å². The van der Waals surface area contributed by atoms with Crippen LogP contribution in [0.1, 0.15) is 32.8 Å². The number of nitrogens with zero attached hydrogens (tertiary/aromatic N) is 2. The number of anilines is 1. The van der Waals surface area contributed by atoms with Crippen molar-refractivity contribution in [2.24, 2.45) is 5.73 Å². The highest BCUT2D eigenvalue weighted by Gasteiger charge is 2.27. The summed E-state index contributed by atoms with van der Waals surface area (Å²) in [5.41, 5.74) is 8.32. The van der Waals surface area contributed by atoms with Gasteiger partial charge in [0.1, 0.15) is 5.00 Å². The van der Waals surface area contributed by atoms with Crippen LogP contribution < -0.4 is 11.1 Å². The maximum Gasteiger partial charge on any atom is 0.251 e. The van der Waals surface area contributed by atoms with Crippen LogP contribution in [0.15, 0.2) is 24.3 Å². The number of carbonyl (C=O) groups is 2. The predicted octanol–water partition coefficient (Wildman–Crippen LogP) is 2.75. The first-order valence-corrected chi connectivity index (χ1v) is 11.1. The Morgan fingerprint density at radius 1 is 1.14 bits per heavy atom. The van der Waals surface area contributed by atoms with Gasteiger partial charge in [-0.2, -0.15) is 0 Å². The van der Waals surface area contributed by atoms with Crippen molar-refractivity contribution in [3.63, 3.8) is 0 Å². The number of halogens is 1. The molecule has 0 radical (unpaired) electrons. The van der Waals surface area contributed by atoms with E-state index in [9.17, 15) is 9.59 Å². The molecule has 154 valence electrons. The fourth-order valence-corrected chi connectivity index (χ4v) is 5.64. The number of fused-ring (bicyclic) bond motifs is 1. The van der Waals surface area contributed by atoms with Crippen LogP contribution in [0.2, 0.25) is 5.02 Å². The van der Waals surface area contributed by atoms with E-state index in [-0.39, 0.29) is 5.91 Å². The Labute approximate surface area is 179 Å². The molecular weight excluding hydrogens is 408 g/mol. The molecule has 1 saturated heterocycles. The first-order valence-electron chi connectivity index (χ1n) is 9.93. The summed E-state index contributed by atoms with van der Waals surface area (Å²) in [6.07, 6.45) is 2.88. The van der Waals surface area contributed by atoms with Gasteiger partial charge < -0.3 is 11.1 Å². The van der Waals surface area contributed by atoms with E-state index in [1.54, 1.807) is 0 Å². The van der Waals surface area contributed by atoms with E-state index in [1.165, 1.54) is 21.8 Å². The van der Waals surface area contributed by atoms with Gasteiger partial charge in [0.25, 0.3) is 5.91 Å². The zero-order valence-corrected chi connectivity index (χ0v) is 17.8. The van der Waals surface area contributed by atoms with E-state index in [0.29, 0.717) is 17.1 Å². The second-order valence-electron chi connectivity index (χ2n) is 7.66. The van der Waals surface area contributed by atoms with Gasteiger partial charge in [0.05, 0.1) is 12.1 Å². The summed E-state index contributed by atoms with van der Waals surface area (Å²) in [5, 5.41) is 4.31. The minimum absolute atomic E-state index is 0.0873. The molecule has 1 aliphatic carbocycles. The van der Waals surface area contributed by atoms with E-state index in [4.69, 9.17) is 17.3 Å². The average molecular weight is 433 g/mol. The van der Waals surface area contributed by atoms with Crippen LogP contribution in [0.4, 0.5) is 5.00 Å². The second-order valence-corrected chi connectivity index (χ2v) is 9.20. The summed E-state index contributed by atoms with van der Waals surface area (Å²) < 4.78 is 0. The SMILES string of the molecule is NC(=O)c1c(NC(=O)CN2CCN(Cc3cccc(Cl)c3)CC2)sc2c1CCC2. The standard InChI is InChI=1S/C21H25ClN4O2S/c22-15-4-1-3-14(11-15)12-25-7-9-26(10-8-25)13-18(27)24-21-19(20(23)28)16-5-2-6-17(16)29-21/h1,3-4,11H,2,5-10,12-13H2,(H2,23,28)(H,24,27). The van der Waals surface area contributed by atoms with E-state index in [2.05, 4.69) is 21.2 Å². The van der Waals surface area contributed by atoms with Crippen molar-refractivity contribution in [2.45, 2.75) is 25.8 Å². The van der Waals surface area contributed by atoms with Gasteiger partial charge in [-0.05, 0) is 42.5 Å². The van der Waals surface area contributed by atoms with Crippen LogP contribution in [-0.4, -0.2) is 54.3 Å². The molecule has 0 spiro atoms. The number of rotatable bonds is 6. The molecule has 1 aromatic heterocycles. The van der Waals surface area contributed by atoms with Crippen molar-refractivity contribution in [3.8, 4) is 0 Å². The van der Waals surface area contributed by atoms with Crippen LogP contribution in [0, 0.1) is 0 Å². The van der Waals surface area contributed by atoms with Crippen LogP contribution in [0.3, 0.4) is 0 Å². The van der Waals surface area contributed by atoms with Gasteiger partial charge in [0.2, 0.25) is 5.91 Å². The molecular formula is C21H25ClN4O2S. The van der Waals surface area contributed by atoms with Gasteiger partial charge in [0.15, 0.2) is 0 Å². The summed E-state index contributed by atoms with van der Waals surface area (Å²) in [6.45, 7) is 4.66. The zero-order chi connectivity index (χ0) is 20.4. The van der Waals surface area contributed by atoms with Crippen LogP contribution in [-0.2, 0) is 24.2 Å². The highest BCUT2D eigenvalue weighted by atomic mass is 35.5. The molecule has 4 rings (SSSR count). The number of hydrogen-bond acceptors (Lipinski definition) is 5. The summed E-state index contributed by atoms with van der Waals surface area (Å²) in [7, 11) is 0. The molecule has 1 fully saturated rings. The molecule has 3 N–H and O–H groups in total. The molecule has 1 aromatic carbocycles. The third-order valence-electron chi connectivity index (χ3n) is 5.55. The largest absolute Gasteiger partial charge is 0.365 e. The Morgan fingerprint density at radius 3 is 2.62 bits per heavy atom. The van der Waals surface area contributed by atoms with Gasteiger partial charge in [-0.25, -0.2) is 0 Å². The number of nitrogens with two attached hydrogens (primary N) is 1. The first kappa shape index (κ1) is 20.3. The lowest BCUT2D eigenvalue weighted by atomic mass is 10.1. The van der Waals surface area contributed by atoms with Crippen LogP contribution in [0.25, 0.3) is 0 Å². The Hall–Kier alpha value is -1.93.